The van der Waals surface area contributed by atoms with Crippen molar-refractivity contribution in [1.82, 2.24) is 9.97 Å². The van der Waals surface area contributed by atoms with Crippen LogP contribution >= 0.6 is 11.6 Å². The van der Waals surface area contributed by atoms with Crippen molar-refractivity contribution in [1.29, 1.82) is 0 Å². The maximum Gasteiger partial charge on any atom is 0.274 e. The lowest BCUT2D eigenvalue weighted by molar-refractivity contribution is 0.102. The molecule has 2 aromatic carbocycles. The number of rotatable bonds is 7. The van der Waals surface area contributed by atoms with Crippen LogP contribution in [0.2, 0.25) is 5.02 Å². The highest BCUT2D eigenvalue weighted by Crippen LogP contribution is 2.23. The SMILES string of the molecule is COc1ccccc1NC(=O)c1cc(NCCc2cccc(Cl)c2)nc(C)n1. The first-order valence-electron chi connectivity index (χ1n) is 8.83. The molecule has 28 heavy (non-hydrogen) atoms. The van der Waals surface area contributed by atoms with Gasteiger partial charge in [0.25, 0.3) is 5.91 Å². The second-order valence-corrected chi connectivity index (χ2v) is 6.58. The van der Waals surface area contributed by atoms with Gasteiger partial charge in [0.2, 0.25) is 0 Å². The van der Waals surface area contributed by atoms with Crippen LogP contribution in [0, 0.1) is 6.92 Å². The summed E-state index contributed by atoms with van der Waals surface area (Å²) in [5.74, 6) is 1.37. The second-order valence-electron chi connectivity index (χ2n) is 6.15. The molecule has 0 bridgehead atoms. The highest BCUT2D eigenvalue weighted by molar-refractivity contribution is 6.30. The number of benzene rings is 2. The third-order valence-corrected chi connectivity index (χ3v) is 4.27. The van der Waals surface area contributed by atoms with Crippen LogP contribution < -0.4 is 15.4 Å². The molecule has 1 heterocycles. The summed E-state index contributed by atoms with van der Waals surface area (Å²) in [6.07, 6.45) is 0.784. The third kappa shape index (κ3) is 5.20. The summed E-state index contributed by atoms with van der Waals surface area (Å²) in [7, 11) is 1.56. The lowest BCUT2D eigenvalue weighted by Gasteiger charge is -2.11. The minimum atomic E-state index is -0.326. The molecule has 7 heteroatoms. The number of halogens is 1. The van der Waals surface area contributed by atoms with Crippen LogP contribution in [0.1, 0.15) is 21.9 Å². The third-order valence-electron chi connectivity index (χ3n) is 4.03. The second kappa shape index (κ2) is 9.19. The fourth-order valence-electron chi connectivity index (χ4n) is 2.74. The summed E-state index contributed by atoms with van der Waals surface area (Å²) in [4.78, 5) is 21.2. The number of aromatic nitrogens is 2. The van der Waals surface area contributed by atoms with Gasteiger partial charge in [-0.1, -0.05) is 35.9 Å². The van der Waals surface area contributed by atoms with Crippen molar-refractivity contribution in [2.24, 2.45) is 0 Å². The standard InChI is InChI=1S/C21H21ClN4O2/c1-14-24-18(21(27)26-17-8-3-4-9-19(17)28-2)13-20(25-14)23-11-10-15-6-5-7-16(22)12-15/h3-9,12-13H,10-11H2,1-2H3,(H,26,27)(H,23,24,25). The fraction of sp³-hybridized carbons (Fsp3) is 0.190. The van der Waals surface area contributed by atoms with Gasteiger partial charge in [-0.3, -0.25) is 4.79 Å². The topological polar surface area (TPSA) is 76.1 Å². The van der Waals surface area contributed by atoms with E-state index in [4.69, 9.17) is 16.3 Å². The minimum absolute atomic E-state index is 0.281. The molecule has 0 radical (unpaired) electrons. The summed E-state index contributed by atoms with van der Waals surface area (Å²) in [6, 6.07) is 16.6. The molecule has 0 atom stereocenters. The van der Waals surface area contributed by atoms with Gasteiger partial charge in [0.1, 0.15) is 23.1 Å². The Morgan fingerprint density at radius 3 is 2.71 bits per heavy atom. The quantitative estimate of drug-likeness (QED) is 0.620. The molecule has 2 N–H and O–H groups in total. The lowest BCUT2D eigenvalue weighted by Crippen LogP contribution is -2.16. The van der Waals surface area contributed by atoms with E-state index < -0.39 is 0 Å². The van der Waals surface area contributed by atoms with Crippen molar-refractivity contribution in [2.45, 2.75) is 13.3 Å². The number of nitrogens with zero attached hydrogens (tertiary/aromatic N) is 2. The molecule has 0 unspecified atom stereocenters. The predicted molar refractivity (Wildman–Crippen MR) is 111 cm³/mol. The first-order chi connectivity index (χ1) is 13.5. The summed E-state index contributed by atoms with van der Waals surface area (Å²) in [5.41, 5.74) is 1.99. The molecular weight excluding hydrogens is 376 g/mol. The number of nitrogens with one attached hydrogen (secondary N) is 2. The monoisotopic (exact) mass is 396 g/mol. The average Bonchev–Trinajstić information content (AvgIpc) is 2.68. The highest BCUT2D eigenvalue weighted by Gasteiger charge is 2.13. The number of carbonyl (C=O) groups excluding carboxylic acids is 1. The van der Waals surface area contributed by atoms with Gasteiger partial charge in [0.05, 0.1) is 12.8 Å². The van der Waals surface area contributed by atoms with Gasteiger partial charge in [0.15, 0.2) is 0 Å². The molecule has 1 aromatic heterocycles. The molecule has 144 valence electrons. The molecular formula is C21H21ClN4O2. The molecule has 0 aliphatic heterocycles. The van der Waals surface area contributed by atoms with Crippen molar-refractivity contribution < 1.29 is 9.53 Å². The van der Waals surface area contributed by atoms with Crippen molar-refractivity contribution in [3.8, 4) is 5.75 Å². The van der Waals surface area contributed by atoms with E-state index in [9.17, 15) is 4.79 Å². The minimum Gasteiger partial charge on any atom is -0.495 e. The maximum absolute atomic E-state index is 12.6. The van der Waals surface area contributed by atoms with E-state index in [-0.39, 0.29) is 11.6 Å². The zero-order valence-corrected chi connectivity index (χ0v) is 16.5. The van der Waals surface area contributed by atoms with Crippen molar-refractivity contribution >= 4 is 29.0 Å². The first-order valence-corrected chi connectivity index (χ1v) is 9.21. The molecule has 6 nitrogen and oxygen atoms in total. The van der Waals surface area contributed by atoms with E-state index in [0.29, 0.717) is 34.6 Å². The van der Waals surface area contributed by atoms with Gasteiger partial charge in [-0.25, -0.2) is 9.97 Å². The van der Waals surface area contributed by atoms with Crippen LogP contribution in [0.15, 0.2) is 54.6 Å². The first kappa shape index (κ1) is 19.6. The fourth-order valence-corrected chi connectivity index (χ4v) is 2.95. The van der Waals surface area contributed by atoms with Crippen LogP contribution in [-0.2, 0) is 6.42 Å². The van der Waals surface area contributed by atoms with Gasteiger partial charge in [-0.15, -0.1) is 0 Å². The smallest absolute Gasteiger partial charge is 0.274 e. The average molecular weight is 397 g/mol. The summed E-state index contributed by atoms with van der Waals surface area (Å²) in [5, 5.41) is 6.77. The van der Waals surface area contributed by atoms with Gasteiger partial charge in [-0.2, -0.15) is 0 Å². The number of amides is 1. The van der Waals surface area contributed by atoms with E-state index in [1.165, 1.54) is 0 Å². The normalized spacial score (nSPS) is 10.4. The Labute approximate surface area is 168 Å². The number of ether oxygens (including phenoxy) is 1. The largest absolute Gasteiger partial charge is 0.495 e. The Morgan fingerprint density at radius 2 is 1.93 bits per heavy atom. The van der Waals surface area contributed by atoms with Gasteiger partial charge in [-0.05, 0) is 43.2 Å². The predicted octanol–water partition coefficient (Wildman–Crippen LogP) is 4.35. The maximum atomic E-state index is 12.6. The summed E-state index contributed by atoms with van der Waals surface area (Å²) in [6.45, 7) is 2.41. The Morgan fingerprint density at radius 1 is 1.11 bits per heavy atom. The van der Waals surface area contributed by atoms with Crippen LogP contribution in [-0.4, -0.2) is 29.5 Å². The van der Waals surface area contributed by atoms with Crippen LogP contribution in [0.5, 0.6) is 5.75 Å². The molecule has 1 amide bonds. The van der Waals surface area contributed by atoms with Crippen molar-refractivity contribution in [2.75, 3.05) is 24.3 Å². The zero-order valence-electron chi connectivity index (χ0n) is 15.7. The van der Waals surface area contributed by atoms with Crippen molar-refractivity contribution in [3.63, 3.8) is 0 Å². The molecule has 3 aromatic rings. The van der Waals surface area contributed by atoms with Crippen LogP contribution in [0.25, 0.3) is 0 Å². The zero-order chi connectivity index (χ0) is 19.9. The number of carbonyl (C=O) groups is 1. The number of para-hydroxylation sites is 2. The number of aryl methyl sites for hydroxylation is 1. The molecule has 0 aliphatic rings. The number of hydrogen-bond acceptors (Lipinski definition) is 5. The number of methoxy groups -OCH3 is 1. The molecule has 0 saturated heterocycles. The Hall–Kier alpha value is -3.12. The summed E-state index contributed by atoms with van der Waals surface area (Å²) < 4.78 is 5.26. The Bertz CT molecular complexity index is 978. The Balaban J connectivity index is 1.67. The molecule has 3 rings (SSSR count). The van der Waals surface area contributed by atoms with E-state index >= 15 is 0 Å². The number of hydrogen-bond donors (Lipinski definition) is 2. The van der Waals surface area contributed by atoms with E-state index in [0.717, 1.165) is 12.0 Å². The van der Waals surface area contributed by atoms with E-state index in [1.54, 1.807) is 32.2 Å². The van der Waals surface area contributed by atoms with Crippen LogP contribution in [0.4, 0.5) is 11.5 Å². The van der Waals surface area contributed by atoms with Crippen LogP contribution in [0.3, 0.4) is 0 Å². The van der Waals surface area contributed by atoms with Gasteiger partial charge >= 0.3 is 0 Å². The van der Waals surface area contributed by atoms with Crippen molar-refractivity contribution in [3.05, 3.63) is 76.7 Å². The number of anilines is 2. The van der Waals surface area contributed by atoms with E-state index in [2.05, 4.69) is 20.6 Å². The van der Waals surface area contributed by atoms with E-state index in [1.807, 2.05) is 36.4 Å². The summed E-state index contributed by atoms with van der Waals surface area (Å²) >= 11 is 6.01. The van der Waals surface area contributed by atoms with Gasteiger partial charge < -0.3 is 15.4 Å². The molecule has 0 saturated carbocycles. The van der Waals surface area contributed by atoms with Gasteiger partial charge in [0, 0.05) is 17.6 Å². The lowest BCUT2D eigenvalue weighted by atomic mass is 10.1. The molecule has 0 aliphatic carbocycles. The Kier molecular flexibility index (Phi) is 6.45. The molecule has 0 spiro atoms. The molecule has 0 fully saturated rings. The highest BCUT2D eigenvalue weighted by atomic mass is 35.5.